The molecule has 2 fully saturated rings. The smallest absolute Gasteiger partial charge is 0.435 e. The van der Waals surface area contributed by atoms with Crippen LogP contribution in [-0.2, 0) is 34.1 Å². The van der Waals surface area contributed by atoms with E-state index in [1.54, 1.807) is 31.2 Å². The van der Waals surface area contributed by atoms with E-state index in [0.717, 1.165) is 0 Å². The molecule has 2 amide bonds. The zero-order valence-corrected chi connectivity index (χ0v) is 20.4. The number of esters is 1. The molecule has 12 heteroatoms. The van der Waals surface area contributed by atoms with Gasteiger partial charge in [0.1, 0.15) is 6.04 Å². The van der Waals surface area contributed by atoms with Gasteiger partial charge in [-0.15, -0.1) is 24.2 Å². The monoisotopic (exact) mass is 501 g/mol. The Morgan fingerprint density at radius 3 is 2.45 bits per heavy atom. The zero-order chi connectivity index (χ0) is 23.8. The van der Waals surface area contributed by atoms with E-state index in [-0.39, 0.29) is 36.7 Å². The number of amides is 2. The number of carbonyl (C=O) groups is 4. The highest BCUT2D eigenvalue weighted by atomic mass is 35.5. The average molecular weight is 502 g/mol. The summed E-state index contributed by atoms with van der Waals surface area (Å²) in [7, 11) is 0. The number of rotatable bonds is 7. The van der Waals surface area contributed by atoms with Gasteiger partial charge in [-0.1, -0.05) is 24.3 Å². The van der Waals surface area contributed by atoms with E-state index >= 15 is 0 Å². The number of primary amides is 1. The zero-order valence-electron chi connectivity index (χ0n) is 18.7. The first kappa shape index (κ1) is 26.7. The lowest BCUT2D eigenvalue weighted by Crippen LogP contribution is -2.66. The third kappa shape index (κ3) is 4.36. The number of ether oxygens (including phenoxy) is 3. The van der Waals surface area contributed by atoms with Gasteiger partial charge in [-0.25, -0.2) is 9.59 Å². The highest BCUT2D eigenvalue weighted by molar-refractivity contribution is 8.01. The van der Waals surface area contributed by atoms with Crippen LogP contribution in [0.2, 0.25) is 0 Å². The molecular weight excluding hydrogens is 474 g/mol. The minimum atomic E-state index is -1.63. The third-order valence-electron chi connectivity index (χ3n) is 5.65. The van der Waals surface area contributed by atoms with Crippen molar-refractivity contribution >= 4 is 48.1 Å². The predicted molar refractivity (Wildman–Crippen MR) is 122 cm³/mol. The molecule has 0 saturated carbocycles. The summed E-state index contributed by atoms with van der Waals surface area (Å²) in [6.07, 6.45) is -2.01. The molecular formula is C21H28ClN3O7S. The summed E-state index contributed by atoms with van der Waals surface area (Å²) >= 11 is 1.44. The van der Waals surface area contributed by atoms with Crippen LogP contribution in [0, 0.1) is 0 Å². The van der Waals surface area contributed by atoms with Crippen molar-refractivity contribution < 1.29 is 33.4 Å². The number of carbonyl (C=O) groups excluding carboxylic acids is 4. The second-order valence-electron chi connectivity index (χ2n) is 8.00. The van der Waals surface area contributed by atoms with Crippen molar-refractivity contribution in [3.8, 4) is 0 Å². The second kappa shape index (κ2) is 9.78. The molecule has 2 unspecified atom stereocenters. The van der Waals surface area contributed by atoms with Gasteiger partial charge in [-0.3, -0.25) is 9.59 Å². The first-order valence-corrected chi connectivity index (χ1v) is 11.0. The van der Waals surface area contributed by atoms with Crippen LogP contribution in [0.25, 0.3) is 0 Å². The van der Waals surface area contributed by atoms with Crippen LogP contribution in [0.3, 0.4) is 0 Å². The van der Waals surface area contributed by atoms with Gasteiger partial charge in [0.05, 0.1) is 23.1 Å². The van der Waals surface area contributed by atoms with Crippen LogP contribution in [0.5, 0.6) is 0 Å². The van der Waals surface area contributed by atoms with Gasteiger partial charge in [-0.2, -0.15) is 0 Å². The maximum Gasteiger partial charge on any atom is 0.511 e. The van der Waals surface area contributed by atoms with Crippen molar-refractivity contribution in [2.75, 3.05) is 6.61 Å². The number of hydrogen-bond acceptors (Lipinski definition) is 9. The fourth-order valence-electron chi connectivity index (χ4n) is 4.31. The van der Waals surface area contributed by atoms with Crippen molar-refractivity contribution in [2.24, 2.45) is 11.5 Å². The molecule has 2 aliphatic rings. The van der Waals surface area contributed by atoms with Gasteiger partial charge < -0.3 is 30.6 Å². The number of β-lactam (4-membered cyclic amide) rings is 1. The standard InChI is InChI=1S/C21H27N3O7S.ClH/c1-5-29-19(28)31-11(2)30-18(27)21(20(3,4)32-15-10-14(25)24(15)21)13-9-7-6-8-12(13)16(22)17(23)26;/h6-9,11,15-16H,5,10,22H2,1-4H3,(H2,23,26);1H/t11?,15-,16?,21-;/m1./s1. The van der Waals surface area contributed by atoms with E-state index in [4.69, 9.17) is 25.7 Å². The molecule has 182 valence electrons. The van der Waals surface area contributed by atoms with Crippen LogP contribution in [0.15, 0.2) is 24.3 Å². The predicted octanol–water partition coefficient (Wildman–Crippen LogP) is 1.93. The first-order chi connectivity index (χ1) is 15.0. The summed E-state index contributed by atoms with van der Waals surface area (Å²) < 4.78 is 14.3. The number of nitrogens with zero attached hydrogens (tertiary/aromatic N) is 1. The Kier molecular flexibility index (Phi) is 7.93. The topological polar surface area (TPSA) is 151 Å². The normalized spacial score (nSPS) is 24.5. The van der Waals surface area contributed by atoms with E-state index in [1.165, 1.54) is 23.6 Å². The molecule has 10 nitrogen and oxygen atoms in total. The number of hydrogen-bond donors (Lipinski definition) is 2. The van der Waals surface area contributed by atoms with Crippen LogP contribution < -0.4 is 11.5 Å². The molecule has 33 heavy (non-hydrogen) atoms. The van der Waals surface area contributed by atoms with Crippen molar-refractivity contribution in [3.63, 3.8) is 0 Å². The van der Waals surface area contributed by atoms with Crippen LogP contribution in [0.1, 0.15) is 51.3 Å². The van der Waals surface area contributed by atoms with Gasteiger partial charge in [0, 0.05) is 6.92 Å². The molecule has 4 N–H and O–H groups in total. The van der Waals surface area contributed by atoms with Gasteiger partial charge in [-0.05, 0) is 31.9 Å². The number of halogens is 1. The number of benzene rings is 1. The Morgan fingerprint density at radius 1 is 1.24 bits per heavy atom. The minimum absolute atomic E-state index is 0. The Morgan fingerprint density at radius 2 is 1.88 bits per heavy atom. The molecule has 0 spiro atoms. The van der Waals surface area contributed by atoms with Gasteiger partial charge in [0.25, 0.3) is 0 Å². The summed E-state index contributed by atoms with van der Waals surface area (Å²) in [6, 6.07) is 5.36. The summed E-state index contributed by atoms with van der Waals surface area (Å²) in [5, 5.41) is -0.260. The summed E-state index contributed by atoms with van der Waals surface area (Å²) in [4.78, 5) is 51.6. The van der Waals surface area contributed by atoms with E-state index in [0.29, 0.717) is 11.1 Å². The molecule has 0 aliphatic carbocycles. The lowest BCUT2D eigenvalue weighted by atomic mass is 9.73. The van der Waals surface area contributed by atoms with Crippen LogP contribution in [0.4, 0.5) is 4.79 Å². The fourth-order valence-corrected chi connectivity index (χ4v) is 6.06. The lowest BCUT2D eigenvalue weighted by Gasteiger charge is -2.48. The van der Waals surface area contributed by atoms with Gasteiger partial charge in [0.15, 0.2) is 5.54 Å². The SMILES string of the molecule is CCOC(=O)OC(C)OC(=O)[C@@]1(c2ccccc2C(N)C(N)=O)N2C(=O)C[C@H]2SC1(C)C.Cl. The molecule has 0 bridgehead atoms. The molecule has 2 aliphatic heterocycles. The van der Waals surface area contributed by atoms with Crippen molar-refractivity contribution in [1.82, 2.24) is 4.90 Å². The molecule has 2 heterocycles. The molecule has 2 saturated heterocycles. The number of thioether (sulfide) groups is 1. The molecule has 0 radical (unpaired) electrons. The molecule has 1 aromatic rings. The molecule has 1 aromatic carbocycles. The van der Waals surface area contributed by atoms with Crippen molar-refractivity contribution in [3.05, 3.63) is 35.4 Å². The van der Waals surface area contributed by atoms with E-state index in [9.17, 15) is 19.2 Å². The Bertz CT molecular complexity index is 960. The van der Waals surface area contributed by atoms with Gasteiger partial charge in [0.2, 0.25) is 18.1 Å². The number of nitrogens with two attached hydrogens (primary N) is 2. The molecule has 0 aromatic heterocycles. The van der Waals surface area contributed by atoms with Crippen LogP contribution >= 0.6 is 24.2 Å². The van der Waals surface area contributed by atoms with Crippen LogP contribution in [-0.4, -0.2) is 51.9 Å². The fraction of sp³-hybridized carbons (Fsp3) is 0.524. The Balaban J connectivity index is 0.00000385. The van der Waals surface area contributed by atoms with E-state index in [1.807, 2.05) is 13.8 Å². The third-order valence-corrected chi connectivity index (χ3v) is 7.19. The molecule has 3 rings (SSSR count). The van der Waals surface area contributed by atoms with Crippen molar-refractivity contribution in [1.29, 1.82) is 0 Å². The largest absolute Gasteiger partial charge is 0.511 e. The van der Waals surface area contributed by atoms with Crippen molar-refractivity contribution in [2.45, 2.75) is 62.1 Å². The summed E-state index contributed by atoms with van der Waals surface area (Å²) in [5.41, 5.74) is 10.5. The summed E-state index contributed by atoms with van der Waals surface area (Å²) in [6.45, 7) is 6.70. The quantitative estimate of drug-likeness (QED) is 0.324. The highest BCUT2D eigenvalue weighted by Gasteiger charge is 2.71. The summed E-state index contributed by atoms with van der Waals surface area (Å²) in [5.74, 6) is -1.84. The Hall–Kier alpha value is -2.50. The first-order valence-electron chi connectivity index (χ1n) is 10.2. The average Bonchev–Trinajstić information content (AvgIpc) is 2.89. The minimum Gasteiger partial charge on any atom is -0.435 e. The highest BCUT2D eigenvalue weighted by Crippen LogP contribution is 2.62. The Labute approximate surface area is 202 Å². The van der Waals surface area contributed by atoms with E-state index < -0.39 is 40.6 Å². The maximum atomic E-state index is 13.8. The maximum absolute atomic E-state index is 13.8. The lowest BCUT2D eigenvalue weighted by molar-refractivity contribution is -0.191. The number of fused-ring (bicyclic) bond motifs is 1. The molecule has 4 atom stereocenters. The van der Waals surface area contributed by atoms with E-state index in [2.05, 4.69) is 0 Å². The second-order valence-corrected chi connectivity index (χ2v) is 9.80. The van der Waals surface area contributed by atoms with Gasteiger partial charge >= 0.3 is 12.1 Å².